The summed E-state index contributed by atoms with van der Waals surface area (Å²) in [6.45, 7) is 2.05. The molecule has 3 rings (SSSR count). The van der Waals surface area contributed by atoms with Crippen LogP contribution >= 0.6 is 39.1 Å². The highest BCUT2D eigenvalue weighted by molar-refractivity contribution is 9.10. The molecule has 0 spiro atoms. The number of furan rings is 1. The number of hydrogen-bond acceptors (Lipinski definition) is 2. The number of aliphatic imine (C=N–C) groups is 1. The molecule has 2 nitrogen and oxygen atoms in total. The lowest BCUT2D eigenvalue weighted by Crippen LogP contribution is -1.79. The molecule has 3 aromatic rings. The second-order valence-corrected chi connectivity index (χ2v) is 6.66. The van der Waals surface area contributed by atoms with Crippen LogP contribution in [0.1, 0.15) is 11.3 Å². The van der Waals surface area contributed by atoms with Gasteiger partial charge in [0.1, 0.15) is 11.5 Å². The van der Waals surface area contributed by atoms with Gasteiger partial charge in [-0.2, -0.15) is 0 Å². The maximum Gasteiger partial charge on any atom is 0.145 e. The van der Waals surface area contributed by atoms with Crippen LogP contribution < -0.4 is 0 Å². The number of halogens is 3. The zero-order chi connectivity index (χ0) is 16.4. The van der Waals surface area contributed by atoms with E-state index < -0.39 is 0 Å². The van der Waals surface area contributed by atoms with Gasteiger partial charge in [-0.05, 0) is 48.9 Å². The monoisotopic (exact) mass is 407 g/mol. The first-order chi connectivity index (χ1) is 11.0. The molecule has 0 amide bonds. The van der Waals surface area contributed by atoms with Gasteiger partial charge in [0.25, 0.3) is 0 Å². The van der Waals surface area contributed by atoms with Crippen LogP contribution in [0.4, 0.5) is 5.69 Å². The number of hydrogen-bond donors (Lipinski definition) is 0. The second-order valence-electron chi connectivity index (χ2n) is 5.02. The smallest absolute Gasteiger partial charge is 0.145 e. The summed E-state index contributed by atoms with van der Waals surface area (Å²) >= 11 is 15.6. The molecule has 0 aliphatic carbocycles. The Kier molecular flexibility index (Phi) is 4.90. The lowest BCUT2D eigenvalue weighted by molar-refractivity contribution is 0.575. The first kappa shape index (κ1) is 16.3. The average Bonchev–Trinajstić information content (AvgIpc) is 2.97. The molecule has 0 N–H and O–H groups in total. The third kappa shape index (κ3) is 3.69. The minimum Gasteiger partial charge on any atom is -0.455 e. The van der Waals surface area contributed by atoms with E-state index in [0.717, 1.165) is 15.8 Å². The summed E-state index contributed by atoms with van der Waals surface area (Å²) in [6.07, 6.45) is 1.63. The van der Waals surface area contributed by atoms with E-state index in [4.69, 9.17) is 27.6 Å². The van der Waals surface area contributed by atoms with Gasteiger partial charge in [-0.1, -0.05) is 51.3 Å². The van der Waals surface area contributed by atoms with Gasteiger partial charge in [-0.3, -0.25) is 4.99 Å². The van der Waals surface area contributed by atoms with E-state index in [9.17, 15) is 0 Å². The van der Waals surface area contributed by atoms with E-state index in [1.807, 2.05) is 31.2 Å². The van der Waals surface area contributed by atoms with Crippen molar-refractivity contribution in [3.8, 4) is 11.3 Å². The predicted molar refractivity (Wildman–Crippen MR) is 100 cm³/mol. The van der Waals surface area contributed by atoms with E-state index in [1.165, 1.54) is 5.56 Å². The van der Waals surface area contributed by atoms with Gasteiger partial charge in [-0.15, -0.1) is 0 Å². The molecular formula is C18H12BrCl2NO. The molecule has 0 unspecified atom stereocenters. The van der Waals surface area contributed by atoms with E-state index in [2.05, 4.69) is 27.0 Å². The Morgan fingerprint density at radius 3 is 2.70 bits per heavy atom. The lowest BCUT2D eigenvalue weighted by atomic mass is 10.1. The van der Waals surface area contributed by atoms with Crippen LogP contribution in [0.5, 0.6) is 0 Å². The third-order valence-corrected chi connectivity index (χ3v) is 4.74. The first-order valence-electron chi connectivity index (χ1n) is 6.89. The molecule has 1 heterocycles. The Balaban J connectivity index is 1.87. The minimum absolute atomic E-state index is 0.429. The van der Waals surface area contributed by atoms with Crippen LogP contribution in [0.2, 0.25) is 10.0 Å². The number of aryl methyl sites for hydroxylation is 1. The van der Waals surface area contributed by atoms with Crippen molar-refractivity contribution in [3.05, 3.63) is 74.4 Å². The van der Waals surface area contributed by atoms with Crippen molar-refractivity contribution in [1.29, 1.82) is 0 Å². The number of benzene rings is 2. The molecule has 0 atom stereocenters. The standard InChI is InChI=1S/C18H12BrCl2NO/c1-11-5-7-13(14(19)9-11)17-8-6-12(23-17)10-22-16-4-2-3-15(20)18(16)21/h2-10H,1H3. The SMILES string of the molecule is Cc1ccc(-c2ccc(C=Nc3cccc(Cl)c3Cl)o2)c(Br)c1. The zero-order valence-corrected chi connectivity index (χ0v) is 15.3. The van der Waals surface area contributed by atoms with Gasteiger partial charge in [0.15, 0.2) is 0 Å². The van der Waals surface area contributed by atoms with Gasteiger partial charge >= 0.3 is 0 Å². The summed E-state index contributed by atoms with van der Waals surface area (Å²) in [6, 6.07) is 15.2. The van der Waals surface area contributed by atoms with Crippen LogP contribution in [0.25, 0.3) is 11.3 Å². The van der Waals surface area contributed by atoms with E-state index >= 15 is 0 Å². The predicted octanol–water partition coefficient (Wildman–Crippen LogP) is 7.07. The van der Waals surface area contributed by atoms with Crippen molar-refractivity contribution in [2.75, 3.05) is 0 Å². The number of nitrogens with zero attached hydrogens (tertiary/aromatic N) is 1. The van der Waals surface area contributed by atoms with Crippen molar-refractivity contribution in [2.24, 2.45) is 4.99 Å². The molecule has 0 bridgehead atoms. The van der Waals surface area contributed by atoms with Crippen molar-refractivity contribution in [3.63, 3.8) is 0 Å². The van der Waals surface area contributed by atoms with Crippen molar-refractivity contribution in [2.45, 2.75) is 6.92 Å². The number of rotatable bonds is 3. The average molecular weight is 409 g/mol. The summed E-state index contributed by atoms with van der Waals surface area (Å²) in [4.78, 5) is 4.33. The zero-order valence-electron chi connectivity index (χ0n) is 12.2. The normalized spacial score (nSPS) is 11.3. The van der Waals surface area contributed by atoms with Crippen molar-refractivity contribution in [1.82, 2.24) is 0 Å². The van der Waals surface area contributed by atoms with Crippen LogP contribution in [-0.2, 0) is 0 Å². The van der Waals surface area contributed by atoms with E-state index in [-0.39, 0.29) is 0 Å². The largest absolute Gasteiger partial charge is 0.455 e. The highest BCUT2D eigenvalue weighted by Gasteiger charge is 2.08. The topological polar surface area (TPSA) is 25.5 Å². The Morgan fingerprint density at radius 2 is 1.91 bits per heavy atom. The molecule has 0 saturated carbocycles. The fourth-order valence-corrected chi connectivity index (χ4v) is 3.15. The Bertz CT molecular complexity index is 886. The summed E-state index contributed by atoms with van der Waals surface area (Å²) in [5.74, 6) is 1.42. The molecular weight excluding hydrogens is 397 g/mol. The van der Waals surface area contributed by atoms with Crippen molar-refractivity contribution >= 4 is 51.0 Å². The van der Waals surface area contributed by atoms with Crippen LogP contribution in [-0.4, -0.2) is 6.21 Å². The molecule has 5 heteroatoms. The maximum atomic E-state index is 6.11. The molecule has 23 heavy (non-hydrogen) atoms. The van der Waals surface area contributed by atoms with Crippen molar-refractivity contribution < 1.29 is 4.42 Å². The fourth-order valence-electron chi connectivity index (χ4n) is 2.11. The molecule has 2 aromatic carbocycles. The molecule has 0 aliphatic heterocycles. The van der Waals surface area contributed by atoms with Gasteiger partial charge < -0.3 is 4.42 Å². The molecule has 0 aliphatic rings. The molecule has 0 saturated heterocycles. The van der Waals surface area contributed by atoms with Gasteiger partial charge in [0, 0.05) is 10.0 Å². The summed E-state index contributed by atoms with van der Waals surface area (Å²) in [5, 5.41) is 0.906. The molecule has 116 valence electrons. The fraction of sp³-hybridized carbons (Fsp3) is 0.0556. The van der Waals surface area contributed by atoms with Gasteiger partial charge in [-0.25, -0.2) is 0 Å². The minimum atomic E-state index is 0.429. The van der Waals surface area contributed by atoms with Gasteiger partial charge in [0.2, 0.25) is 0 Å². The van der Waals surface area contributed by atoms with Crippen LogP contribution in [0, 0.1) is 6.92 Å². The molecule has 0 radical (unpaired) electrons. The first-order valence-corrected chi connectivity index (χ1v) is 8.44. The third-order valence-electron chi connectivity index (χ3n) is 3.28. The quantitative estimate of drug-likeness (QED) is 0.425. The molecule has 0 fully saturated rings. The summed E-state index contributed by atoms with van der Waals surface area (Å²) in [5.41, 5.74) is 2.79. The maximum absolute atomic E-state index is 6.11. The Labute approximate surface area is 152 Å². The van der Waals surface area contributed by atoms with Crippen LogP contribution in [0.3, 0.4) is 0 Å². The van der Waals surface area contributed by atoms with E-state index in [0.29, 0.717) is 21.5 Å². The Hall–Kier alpha value is -1.55. The second kappa shape index (κ2) is 6.91. The van der Waals surface area contributed by atoms with E-state index in [1.54, 1.807) is 24.4 Å². The van der Waals surface area contributed by atoms with Gasteiger partial charge in [0.05, 0.1) is 21.9 Å². The highest BCUT2D eigenvalue weighted by Crippen LogP contribution is 2.32. The molecule has 1 aromatic heterocycles. The summed E-state index contributed by atoms with van der Waals surface area (Å²) < 4.78 is 6.82. The lowest BCUT2D eigenvalue weighted by Gasteiger charge is -2.02. The summed E-state index contributed by atoms with van der Waals surface area (Å²) in [7, 11) is 0. The Morgan fingerprint density at radius 1 is 1.09 bits per heavy atom. The highest BCUT2D eigenvalue weighted by atomic mass is 79.9. The van der Waals surface area contributed by atoms with Crippen LogP contribution in [0.15, 0.2) is 62.4 Å².